The van der Waals surface area contributed by atoms with Gasteiger partial charge < -0.3 is 0 Å². The number of halogens is 4. The standard InChI is InChI=1S/C11H5BrF3N5S2/c12-6-1-3-7(4-2-6)20-9(17-18-19-20)22-10-16-8(5-21-10)11(13,14)15/h1-5H. The van der Waals surface area contributed by atoms with E-state index < -0.39 is 11.9 Å². The lowest BCUT2D eigenvalue weighted by atomic mass is 10.3. The van der Waals surface area contributed by atoms with E-state index in [9.17, 15) is 13.2 Å². The molecule has 0 saturated carbocycles. The Kier molecular flexibility index (Phi) is 4.19. The Morgan fingerprint density at radius 2 is 1.91 bits per heavy atom. The second-order valence-electron chi connectivity index (χ2n) is 3.95. The first-order valence-corrected chi connectivity index (χ1v) is 8.17. The van der Waals surface area contributed by atoms with Crippen molar-refractivity contribution in [1.82, 2.24) is 25.2 Å². The molecular weight excluding hydrogens is 403 g/mol. The lowest BCUT2D eigenvalue weighted by molar-refractivity contribution is -0.141. The van der Waals surface area contributed by atoms with Crippen LogP contribution in [0.5, 0.6) is 0 Å². The van der Waals surface area contributed by atoms with Gasteiger partial charge in [-0.25, -0.2) is 4.98 Å². The molecule has 0 aliphatic rings. The van der Waals surface area contributed by atoms with Gasteiger partial charge in [0.05, 0.1) is 5.69 Å². The van der Waals surface area contributed by atoms with Crippen LogP contribution in [-0.4, -0.2) is 25.2 Å². The quantitative estimate of drug-likeness (QED) is 0.655. The minimum Gasteiger partial charge on any atom is -0.225 e. The first-order valence-electron chi connectivity index (χ1n) is 5.68. The predicted molar refractivity (Wildman–Crippen MR) is 78.1 cm³/mol. The Hall–Kier alpha value is -1.46. The molecule has 1 aromatic carbocycles. The summed E-state index contributed by atoms with van der Waals surface area (Å²) < 4.78 is 40.2. The van der Waals surface area contributed by atoms with Crippen LogP contribution in [-0.2, 0) is 6.18 Å². The molecule has 0 atom stereocenters. The van der Waals surface area contributed by atoms with E-state index >= 15 is 0 Å². The van der Waals surface area contributed by atoms with Gasteiger partial charge >= 0.3 is 6.18 Å². The number of thiazole rings is 1. The van der Waals surface area contributed by atoms with Crippen LogP contribution in [0.3, 0.4) is 0 Å². The zero-order valence-corrected chi connectivity index (χ0v) is 13.7. The van der Waals surface area contributed by atoms with Crippen LogP contribution < -0.4 is 0 Å². The molecule has 0 saturated heterocycles. The monoisotopic (exact) mass is 407 g/mol. The molecule has 2 aromatic heterocycles. The van der Waals surface area contributed by atoms with Gasteiger partial charge in [-0.2, -0.15) is 17.9 Å². The maximum atomic E-state index is 12.5. The van der Waals surface area contributed by atoms with E-state index in [1.807, 2.05) is 12.1 Å². The molecule has 0 unspecified atom stereocenters. The minimum atomic E-state index is -4.45. The van der Waals surface area contributed by atoms with Crippen LogP contribution in [0.25, 0.3) is 5.69 Å². The fourth-order valence-electron chi connectivity index (χ4n) is 1.50. The van der Waals surface area contributed by atoms with Gasteiger partial charge in [0, 0.05) is 9.85 Å². The molecule has 0 aliphatic heterocycles. The van der Waals surface area contributed by atoms with Crippen molar-refractivity contribution in [2.75, 3.05) is 0 Å². The smallest absolute Gasteiger partial charge is 0.225 e. The Morgan fingerprint density at radius 3 is 2.55 bits per heavy atom. The van der Waals surface area contributed by atoms with E-state index in [1.165, 1.54) is 4.68 Å². The molecule has 3 aromatic rings. The fourth-order valence-corrected chi connectivity index (χ4v) is 3.48. The highest BCUT2D eigenvalue weighted by molar-refractivity contribution is 9.10. The molecule has 5 nitrogen and oxygen atoms in total. The van der Waals surface area contributed by atoms with Crippen LogP contribution in [0.15, 0.2) is 43.6 Å². The number of aromatic nitrogens is 5. The predicted octanol–water partition coefficient (Wildman–Crippen LogP) is 4.05. The summed E-state index contributed by atoms with van der Waals surface area (Å²) in [4.78, 5) is 3.55. The van der Waals surface area contributed by atoms with Gasteiger partial charge in [-0.15, -0.1) is 16.4 Å². The number of alkyl halides is 3. The normalized spacial score (nSPS) is 11.8. The van der Waals surface area contributed by atoms with Crippen molar-refractivity contribution < 1.29 is 13.2 Å². The first kappa shape index (κ1) is 15.4. The van der Waals surface area contributed by atoms with E-state index in [0.717, 1.165) is 33.0 Å². The molecule has 0 fully saturated rings. The molecule has 11 heteroatoms. The topological polar surface area (TPSA) is 56.5 Å². The lowest BCUT2D eigenvalue weighted by Gasteiger charge is -2.03. The van der Waals surface area contributed by atoms with Crippen molar-refractivity contribution in [3.8, 4) is 5.69 Å². The number of benzene rings is 1. The molecule has 0 bridgehead atoms. The first-order chi connectivity index (χ1) is 10.4. The van der Waals surface area contributed by atoms with Crippen LogP contribution >= 0.6 is 39.0 Å². The lowest BCUT2D eigenvalue weighted by Crippen LogP contribution is -2.04. The third-order valence-electron chi connectivity index (χ3n) is 2.46. The number of tetrazole rings is 1. The highest BCUT2D eigenvalue weighted by Gasteiger charge is 2.34. The molecule has 0 spiro atoms. The average molecular weight is 408 g/mol. The van der Waals surface area contributed by atoms with Gasteiger partial charge in [0.2, 0.25) is 5.16 Å². The third-order valence-corrected chi connectivity index (χ3v) is 4.87. The van der Waals surface area contributed by atoms with Crippen LogP contribution in [0, 0.1) is 0 Å². The maximum absolute atomic E-state index is 12.5. The number of hydrogen-bond donors (Lipinski definition) is 0. The van der Waals surface area contributed by atoms with Crippen molar-refractivity contribution >= 4 is 39.0 Å². The summed E-state index contributed by atoms with van der Waals surface area (Å²) in [7, 11) is 0. The Bertz CT molecular complexity index is 784. The second kappa shape index (κ2) is 5.97. The van der Waals surface area contributed by atoms with Gasteiger partial charge in [0.25, 0.3) is 0 Å². The molecule has 114 valence electrons. The number of rotatable bonds is 3. The maximum Gasteiger partial charge on any atom is 0.434 e. The summed E-state index contributed by atoms with van der Waals surface area (Å²) in [5, 5.41) is 12.5. The SMILES string of the molecule is FC(F)(F)c1csc(Sc2nnnn2-c2ccc(Br)cc2)n1. The molecule has 0 radical (unpaired) electrons. The molecular formula is C11H5BrF3N5S2. The van der Waals surface area contributed by atoms with Gasteiger partial charge in [-0.05, 0) is 46.5 Å². The van der Waals surface area contributed by atoms with Crippen molar-refractivity contribution in [2.24, 2.45) is 0 Å². The van der Waals surface area contributed by atoms with Gasteiger partial charge in [0.1, 0.15) is 0 Å². The summed E-state index contributed by atoms with van der Waals surface area (Å²) in [5.74, 6) is 0. The summed E-state index contributed by atoms with van der Waals surface area (Å²) >= 11 is 5.20. The second-order valence-corrected chi connectivity index (χ2v) is 6.94. The number of hydrogen-bond acceptors (Lipinski definition) is 6. The van der Waals surface area contributed by atoms with E-state index in [0.29, 0.717) is 10.8 Å². The van der Waals surface area contributed by atoms with E-state index in [4.69, 9.17) is 0 Å². The van der Waals surface area contributed by atoms with Crippen LogP contribution in [0.1, 0.15) is 5.69 Å². The van der Waals surface area contributed by atoms with Crippen LogP contribution in [0.4, 0.5) is 13.2 Å². The average Bonchev–Trinajstić information content (AvgIpc) is 3.09. The minimum absolute atomic E-state index is 0.223. The largest absolute Gasteiger partial charge is 0.434 e. The molecule has 0 aliphatic carbocycles. The highest BCUT2D eigenvalue weighted by Crippen LogP contribution is 2.35. The molecule has 0 amide bonds. The van der Waals surface area contributed by atoms with E-state index in [2.05, 4.69) is 36.4 Å². The Labute approximate surface area is 138 Å². The van der Waals surface area contributed by atoms with E-state index in [-0.39, 0.29) is 4.34 Å². The summed E-state index contributed by atoms with van der Waals surface area (Å²) in [6.45, 7) is 0. The van der Waals surface area contributed by atoms with Crippen molar-refractivity contribution in [1.29, 1.82) is 0 Å². The molecule has 0 N–H and O–H groups in total. The summed E-state index contributed by atoms with van der Waals surface area (Å²) in [5.41, 5.74) is -0.217. The highest BCUT2D eigenvalue weighted by atomic mass is 79.9. The molecule has 3 rings (SSSR count). The Balaban J connectivity index is 1.86. The van der Waals surface area contributed by atoms with Gasteiger partial charge in [-0.3, -0.25) is 0 Å². The molecule has 22 heavy (non-hydrogen) atoms. The Morgan fingerprint density at radius 1 is 1.18 bits per heavy atom. The van der Waals surface area contributed by atoms with Gasteiger partial charge in [0.15, 0.2) is 10.0 Å². The fraction of sp³-hybridized carbons (Fsp3) is 0.0909. The zero-order chi connectivity index (χ0) is 15.7. The van der Waals surface area contributed by atoms with E-state index in [1.54, 1.807) is 12.1 Å². The zero-order valence-electron chi connectivity index (χ0n) is 10.5. The van der Waals surface area contributed by atoms with Crippen molar-refractivity contribution in [3.05, 3.63) is 39.8 Å². The van der Waals surface area contributed by atoms with Crippen molar-refractivity contribution in [3.63, 3.8) is 0 Å². The van der Waals surface area contributed by atoms with Gasteiger partial charge in [-0.1, -0.05) is 15.9 Å². The number of nitrogens with zero attached hydrogens (tertiary/aromatic N) is 5. The van der Waals surface area contributed by atoms with Crippen molar-refractivity contribution in [2.45, 2.75) is 15.7 Å². The third kappa shape index (κ3) is 3.31. The summed E-state index contributed by atoms with van der Waals surface area (Å²) in [6, 6.07) is 7.20. The molecule has 2 heterocycles. The summed E-state index contributed by atoms with van der Waals surface area (Å²) in [6.07, 6.45) is -4.45. The van der Waals surface area contributed by atoms with Crippen LogP contribution in [0.2, 0.25) is 0 Å².